The highest BCUT2D eigenvalue weighted by molar-refractivity contribution is 5.96. The average Bonchev–Trinajstić information content (AvgIpc) is 2.15. The summed E-state index contributed by atoms with van der Waals surface area (Å²) in [4.78, 5) is 11.8. The Morgan fingerprint density at radius 3 is 2.19 bits per heavy atom. The van der Waals surface area contributed by atoms with Crippen molar-refractivity contribution < 1.29 is 4.79 Å². The van der Waals surface area contributed by atoms with Crippen molar-refractivity contribution in [3.05, 3.63) is 29.3 Å². The molecule has 0 radical (unpaired) electrons. The van der Waals surface area contributed by atoms with Crippen molar-refractivity contribution in [2.75, 3.05) is 5.32 Å². The minimum Gasteiger partial charge on any atom is -0.325 e. The number of nitrogens with zero attached hydrogens (tertiary/aromatic N) is 1. The second kappa shape index (κ2) is 4.36. The van der Waals surface area contributed by atoms with Gasteiger partial charge in [0, 0.05) is 5.69 Å². The van der Waals surface area contributed by atoms with Crippen LogP contribution in [0, 0.1) is 30.6 Å². The summed E-state index contributed by atoms with van der Waals surface area (Å²) in [6, 6.07) is 7.79. The van der Waals surface area contributed by atoms with Crippen molar-refractivity contribution in [3.63, 3.8) is 0 Å². The van der Waals surface area contributed by atoms with E-state index in [1.807, 2.05) is 38.1 Å². The van der Waals surface area contributed by atoms with Gasteiger partial charge in [-0.15, -0.1) is 0 Å². The number of nitrogens with one attached hydrogen (secondary N) is 1. The van der Waals surface area contributed by atoms with Gasteiger partial charge >= 0.3 is 0 Å². The Kier molecular flexibility index (Phi) is 3.34. The highest BCUT2D eigenvalue weighted by atomic mass is 16.2. The lowest BCUT2D eigenvalue weighted by Crippen LogP contribution is -2.29. The molecule has 0 heterocycles. The largest absolute Gasteiger partial charge is 0.325 e. The van der Waals surface area contributed by atoms with Crippen LogP contribution in [0.1, 0.15) is 25.0 Å². The Labute approximate surface area is 96.1 Å². The number of benzene rings is 1. The second-order valence-electron chi connectivity index (χ2n) is 4.57. The van der Waals surface area contributed by atoms with Crippen molar-refractivity contribution >= 4 is 11.6 Å². The van der Waals surface area contributed by atoms with E-state index in [1.165, 1.54) is 0 Å². The first-order valence-corrected chi connectivity index (χ1v) is 5.16. The van der Waals surface area contributed by atoms with E-state index in [0.29, 0.717) is 0 Å². The molecular formula is C13H16N2O. The number of aryl methyl sites for hydroxylation is 2. The van der Waals surface area contributed by atoms with Crippen LogP contribution in [0.2, 0.25) is 0 Å². The standard InChI is InChI=1S/C13H16N2O/c1-9-5-10(2)7-11(6-9)15-12(16)13(3,4)8-14/h5-7H,1-4H3,(H,15,16). The third kappa shape index (κ3) is 2.83. The molecule has 1 amide bonds. The Balaban J connectivity index is 2.90. The Morgan fingerprint density at radius 1 is 1.25 bits per heavy atom. The maximum absolute atomic E-state index is 11.8. The molecule has 0 bridgehead atoms. The molecule has 0 aromatic heterocycles. The van der Waals surface area contributed by atoms with Gasteiger partial charge in [-0.1, -0.05) is 6.07 Å². The first-order valence-electron chi connectivity index (χ1n) is 5.16. The molecule has 0 aliphatic heterocycles. The topological polar surface area (TPSA) is 52.9 Å². The Hall–Kier alpha value is -1.82. The van der Waals surface area contributed by atoms with Crippen molar-refractivity contribution in [1.29, 1.82) is 5.26 Å². The smallest absolute Gasteiger partial charge is 0.244 e. The van der Waals surface area contributed by atoms with Gasteiger partial charge in [0.15, 0.2) is 0 Å². The van der Waals surface area contributed by atoms with Crippen LogP contribution in [0.5, 0.6) is 0 Å². The summed E-state index contributed by atoms with van der Waals surface area (Å²) < 4.78 is 0. The van der Waals surface area contributed by atoms with Gasteiger partial charge in [-0.3, -0.25) is 4.79 Å². The van der Waals surface area contributed by atoms with E-state index in [0.717, 1.165) is 16.8 Å². The molecule has 0 aliphatic rings. The normalized spacial score (nSPS) is 10.7. The molecule has 84 valence electrons. The predicted molar refractivity (Wildman–Crippen MR) is 63.9 cm³/mol. The molecule has 0 saturated carbocycles. The number of nitriles is 1. The molecule has 0 atom stereocenters. The molecule has 1 aromatic carbocycles. The predicted octanol–water partition coefficient (Wildman–Crippen LogP) is 2.79. The molecule has 0 fully saturated rings. The Morgan fingerprint density at radius 2 is 1.75 bits per heavy atom. The monoisotopic (exact) mass is 216 g/mol. The van der Waals surface area contributed by atoms with Crippen LogP contribution in [0.4, 0.5) is 5.69 Å². The summed E-state index contributed by atoms with van der Waals surface area (Å²) in [6.45, 7) is 7.14. The van der Waals surface area contributed by atoms with E-state index >= 15 is 0 Å². The molecule has 3 heteroatoms. The van der Waals surface area contributed by atoms with Crippen molar-refractivity contribution in [3.8, 4) is 6.07 Å². The molecule has 1 rings (SSSR count). The first kappa shape index (κ1) is 12.3. The van der Waals surface area contributed by atoms with Gasteiger partial charge in [0.25, 0.3) is 0 Å². The van der Waals surface area contributed by atoms with E-state index in [4.69, 9.17) is 5.26 Å². The molecule has 1 aromatic rings. The summed E-state index contributed by atoms with van der Waals surface area (Å²) in [5, 5.41) is 11.6. The first-order chi connectivity index (χ1) is 7.35. The number of hydrogen-bond donors (Lipinski definition) is 1. The van der Waals surface area contributed by atoms with E-state index in [9.17, 15) is 4.79 Å². The van der Waals surface area contributed by atoms with Gasteiger partial charge < -0.3 is 5.32 Å². The fourth-order valence-electron chi connectivity index (χ4n) is 1.38. The van der Waals surface area contributed by atoms with Crippen molar-refractivity contribution in [2.45, 2.75) is 27.7 Å². The van der Waals surface area contributed by atoms with Crippen LogP contribution in [0.3, 0.4) is 0 Å². The van der Waals surface area contributed by atoms with Crippen LogP contribution in [-0.2, 0) is 4.79 Å². The van der Waals surface area contributed by atoms with Gasteiger partial charge in [0.1, 0.15) is 5.41 Å². The van der Waals surface area contributed by atoms with Gasteiger partial charge in [-0.25, -0.2) is 0 Å². The summed E-state index contributed by atoms with van der Waals surface area (Å²) in [6.07, 6.45) is 0. The number of carbonyl (C=O) groups is 1. The highest BCUT2D eigenvalue weighted by Gasteiger charge is 2.27. The van der Waals surface area contributed by atoms with E-state index in [-0.39, 0.29) is 5.91 Å². The number of anilines is 1. The van der Waals surface area contributed by atoms with E-state index in [1.54, 1.807) is 13.8 Å². The molecule has 1 N–H and O–H groups in total. The molecule has 0 aliphatic carbocycles. The maximum atomic E-state index is 11.8. The van der Waals surface area contributed by atoms with Gasteiger partial charge in [-0.2, -0.15) is 5.26 Å². The minimum absolute atomic E-state index is 0.278. The summed E-state index contributed by atoms with van der Waals surface area (Å²) >= 11 is 0. The lowest BCUT2D eigenvalue weighted by Gasteiger charge is -2.15. The van der Waals surface area contributed by atoms with Crippen molar-refractivity contribution in [1.82, 2.24) is 0 Å². The third-order valence-electron chi connectivity index (χ3n) is 2.33. The Bertz CT molecular complexity index is 435. The zero-order valence-corrected chi connectivity index (χ0v) is 10.1. The number of amides is 1. The molecule has 0 spiro atoms. The van der Waals surface area contributed by atoms with Crippen LogP contribution in [-0.4, -0.2) is 5.91 Å². The van der Waals surface area contributed by atoms with Crippen LogP contribution in [0.15, 0.2) is 18.2 Å². The summed E-state index contributed by atoms with van der Waals surface area (Å²) in [7, 11) is 0. The molecular weight excluding hydrogens is 200 g/mol. The summed E-state index contributed by atoms with van der Waals surface area (Å²) in [5.41, 5.74) is 1.92. The molecule has 0 saturated heterocycles. The lowest BCUT2D eigenvalue weighted by molar-refractivity contribution is -0.121. The second-order valence-corrected chi connectivity index (χ2v) is 4.57. The van der Waals surface area contributed by atoms with Crippen LogP contribution < -0.4 is 5.32 Å². The van der Waals surface area contributed by atoms with Gasteiger partial charge in [0.05, 0.1) is 6.07 Å². The van der Waals surface area contributed by atoms with E-state index < -0.39 is 5.41 Å². The fourth-order valence-corrected chi connectivity index (χ4v) is 1.38. The fraction of sp³-hybridized carbons (Fsp3) is 0.385. The van der Waals surface area contributed by atoms with Crippen LogP contribution in [0.25, 0.3) is 0 Å². The molecule has 0 unspecified atom stereocenters. The lowest BCUT2D eigenvalue weighted by atomic mass is 9.94. The quantitative estimate of drug-likeness (QED) is 0.826. The number of rotatable bonds is 2. The van der Waals surface area contributed by atoms with Crippen LogP contribution >= 0.6 is 0 Å². The zero-order valence-electron chi connectivity index (χ0n) is 10.1. The van der Waals surface area contributed by atoms with Gasteiger partial charge in [-0.05, 0) is 51.0 Å². The highest BCUT2D eigenvalue weighted by Crippen LogP contribution is 2.19. The molecule has 16 heavy (non-hydrogen) atoms. The minimum atomic E-state index is -1.00. The average molecular weight is 216 g/mol. The summed E-state index contributed by atoms with van der Waals surface area (Å²) in [5.74, 6) is -0.278. The third-order valence-corrected chi connectivity index (χ3v) is 2.33. The van der Waals surface area contributed by atoms with E-state index in [2.05, 4.69) is 5.32 Å². The van der Waals surface area contributed by atoms with Gasteiger partial charge in [0.2, 0.25) is 5.91 Å². The molecule has 3 nitrogen and oxygen atoms in total. The SMILES string of the molecule is Cc1cc(C)cc(NC(=O)C(C)(C)C#N)c1. The number of carbonyl (C=O) groups excluding carboxylic acids is 1. The van der Waals surface area contributed by atoms with Crippen molar-refractivity contribution in [2.24, 2.45) is 5.41 Å². The maximum Gasteiger partial charge on any atom is 0.244 e. The number of hydrogen-bond acceptors (Lipinski definition) is 2. The zero-order chi connectivity index (χ0) is 12.3.